The second kappa shape index (κ2) is 9.89. The van der Waals surface area contributed by atoms with Gasteiger partial charge in [0.15, 0.2) is 0 Å². The number of amides is 1. The van der Waals surface area contributed by atoms with Crippen molar-refractivity contribution < 1.29 is 27.8 Å². The summed E-state index contributed by atoms with van der Waals surface area (Å²) >= 11 is 1.12. The standard InChI is InChI=1S/C25H28FN3O5S2/c1-25(2,32)15-6-7-16(18(26)12-15)20-13-17(23(27)31)24(35-20)29-21-5-3-4-19(28-21)22(30)14-8-10-36(33,34)11-9-14/h3-7,12-14,22,30,32H,8-11H2,1-2H3,(H2,27,31)(H,28,29). The number of rotatable bonds is 7. The Morgan fingerprint density at radius 2 is 1.92 bits per heavy atom. The molecule has 0 radical (unpaired) electrons. The molecule has 2 aromatic heterocycles. The number of halogens is 1. The van der Waals surface area contributed by atoms with Crippen molar-refractivity contribution in [3.8, 4) is 10.4 Å². The zero-order chi connectivity index (χ0) is 26.3. The maximum atomic E-state index is 14.9. The number of nitrogens with two attached hydrogens (primary N) is 1. The van der Waals surface area contributed by atoms with Crippen molar-refractivity contribution in [2.45, 2.75) is 38.4 Å². The second-order valence-corrected chi connectivity index (χ2v) is 12.8. The number of anilines is 2. The van der Waals surface area contributed by atoms with Crippen LogP contribution in [0.3, 0.4) is 0 Å². The van der Waals surface area contributed by atoms with E-state index >= 15 is 0 Å². The van der Waals surface area contributed by atoms with E-state index < -0.39 is 33.3 Å². The van der Waals surface area contributed by atoms with Crippen LogP contribution in [0, 0.1) is 11.7 Å². The predicted molar refractivity (Wildman–Crippen MR) is 137 cm³/mol. The summed E-state index contributed by atoms with van der Waals surface area (Å²) in [6, 6.07) is 10.9. The Balaban J connectivity index is 1.59. The summed E-state index contributed by atoms with van der Waals surface area (Å²) in [5.74, 6) is -1.03. The molecule has 0 saturated carbocycles. The molecule has 192 valence electrons. The number of carbonyl (C=O) groups excluding carboxylic acids is 1. The number of nitrogens with one attached hydrogen (secondary N) is 1. The van der Waals surface area contributed by atoms with Crippen LogP contribution in [0.5, 0.6) is 0 Å². The van der Waals surface area contributed by atoms with Crippen molar-refractivity contribution in [1.29, 1.82) is 0 Å². The molecular weight excluding hydrogens is 505 g/mol. The van der Waals surface area contributed by atoms with E-state index in [0.717, 1.165) is 11.3 Å². The highest BCUT2D eigenvalue weighted by Gasteiger charge is 2.30. The van der Waals surface area contributed by atoms with Gasteiger partial charge in [0.1, 0.15) is 26.5 Å². The molecule has 1 amide bonds. The minimum atomic E-state index is -3.05. The molecule has 0 bridgehead atoms. The number of sulfone groups is 1. The first-order valence-electron chi connectivity index (χ1n) is 11.4. The number of aliphatic hydroxyl groups is 2. The summed E-state index contributed by atoms with van der Waals surface area (Å²) in [7, 11) is -3.05. The lowest BCUT2D eigenvalue weighted by Gasteiger charge is -2.26. The van der Waals surface area contributed by atoms with Crippen molar-refractivity contribution in [1.82, 2.24) is 4.98 Å². The Morgan fingerprint density at radius 3 is 2.53 bits per heavy atom. The van der Waals surface area contributed by atoms with Gasteiger partial charge in [-0.15, -0.1) is 11.3 Å². The normalized spacial score (nSPS) is 17.0. The highest BCUT2D eigenvalue weighted by Crippen LogP contribution is 2.39. The first-order chi connectivity index (χ1) is 16.8. The van der Waals surface area contributed by atoms with Gasteiger partial charge in [0, 0.05) is 10.4 Å². The number of pyridine rings is 1. The fraction of sp³-hybridized carbons (Fsp3) is 0.360. The van der Waals surface area contributed by atoms with Crippen LogP contribution in [0.1, 0.15) is 54.4 Å². The molecule has 4 rings (SSSR count). The number of aliphatic hydroxyl groups excluding tert-OH is 1. The van der Waals surface area contributed by atoms with E-state index in [1.807, 2.05) is 0 Å². The van der Waals surface area contributed by atoms with Crippen molar-refractivity contribution in [3.05, 3.63) is 65.1 Å². The number of thiophene rings is 1. The smallest absolute Gasteiger partial charge is 0.251 e. The fourth-order valence-corrected chi connectivity index (χ4v) is 6.79. The lowest BCUT2D eigenvalue weighted by atomic mass is 9.93. The third-order valence-corrected chi connectivity index (χ3v) is 9.10. The zero-order valence-electron chi connectivity index (χ0n) is 19.9. The lowest BCUT2D eigenvalue weighted by Crippen LogP contribution is -2.27. The van der Waals surface area contributed by atoms with Crippen LogP contribution in [0.2, 0.25) is 0 Å². The summed E-state index contributed by atoms with van der Waals surface area (Å²) in [6.45, 7) is 3.13. The van der Waals surface area contributed by atoms with Crippen LogP contribution in [-0.2, 0) is 15.4 Å². The third kappa shape index (κ3) is 5.75. The van der Waals surface area contributed by atoms with Crippen LogP contribution in [0.15, 0.2) is 42.5 Å². The van der Waals surface area contributed by atoms with Gasteiger partial charge in [0.25, 0.3) is 5.91 Å². The fourth-order valence-electron chi connectivity index (χ4n) is 4.16. The Labute approximate surface area is 212 Å². The molecule has 11 heteroatoms. The van der Waals surface area contributed by atoms with E-state index in [2.05, 4.69) is 10.3 Å². The zero-order valence-corrected chi connectivity index (χ0v) is 21.5. The van der Waals surface area contributed by atoms with Crippen molar-refractivity contribution in [2.24, 2.45) is 11.7 Å². The largest absolute Gasteiger partial charge is 0.387 e. The average Bonchev–Trinajstić information content (AvgIpc) is 3.22. The predicted octanol–water partition coefficient (Wildman–Crippen LogP) is 3.88. The van der Waals surface area contributed by atoms with E-state index in [1.54, 1.807) is 44.2 Å². The first kappa shape index (κ1) is 26.2. The Kier molecular flexibility index (Phi) is 7.20. The van der Waals surface area contributed by atoms with Gasteiger partial charge in [0.2, 0.25) is 0 Å². The van der Waals surface area contributed by atoms with Crippen molar-refractivity contribution in [3.63, 3.8) is 0 Å². The molecular formula is C25H28FN3O5S2. The molecule has 1 aliphatic rings. The van der Waals surface area contributed by atoms with E-state index in [4.69, 9.17) is 5.73 Å². The van der Waals surface area contributed by atoms with Gasteiger partial charge in [-0.3, -0.25) is 4.79 Å². The number of hydrogen-bond donors (Lipinski definition) is 4. The van der Waals surface area contributed by atoms with Gasteiger partial charge in [0.05, 0.1) is 34.5 Å². The highest BCUT2D eigenvalue weighted by atomic mass is 32.2. The van der Waals surface area contributed by atoms with Crippen LogP contribution in [-0.4, -0.2) is 41.0 Å². The monoisotopic (exact) mass is 533 g/mol. The van der Waals surface area contributed by atoms with Crippen LogP contribution in [0.4, 0.5) is 15.2 Å². The quantitative estimate of drug-likeness (QED) is 0.361. The molecule has 1 fully saturated rings. The van der Waals surface area contributed by atoms with Crippen molar-refractivity contribution in [2.75, 3.05) is 16.8 Å². The topological polar surface area (TPSA) is 143 Å². The minimum absolute atomic E-state index is 0.0416. The van der Waals surface area contributed by atoms with Gasteiger partial charge >= 0.3 is 0 Å². The SMILES string of the molecule is CC(C)(O)c1ccc(-c2cc(C(N)=O)c(Nc3cccc(C(O)C4CCS(=O)(=O)CC4)n3)s2)c(F)c1. The number of nitrogens with zero attached hydrogens (tertiary/aromatic N) is 1. The maximum absolute atomic E-state index is 14.9. The van der Waals surface area contributed by atoms with Crippen molar-refractivity contribution >= 4 is 37.9 Å². The van der Waals surface area contributed by atoms with E-state index in [-0.39, 0.29) is 28.6 Å². The summed E-state index contributed by atoms with van der Waals surface area (Å²) < 4.78 is 38.3. The number of carbonyl (C=O) groups is 1. The molecule has 1 atom stereocenters. The summed E-state index contributed by atoms with van der Waals surface area (Å²) in [4.78, 5) is 17.0. The highest BCUT2D eigenvalue weighted by molar-refractivity contribution is 7.91. The molecule has 1 saturated heterocycles. The third-order valence-electron chi connectivity index (χ3n) is 6.30. The molecule has 0 aliphatic carbocycles. The maximum Gasteiger partial charge on any atom is 0.251 e. The molecule has 1 aliphatic heterocycles. The molecule has 0 spiro atoms. The Hall–Kier alpha value is -2.86. The lowest BCUT2D eigenvalue weighted by molar-refractivity contribution is 0.0782. The average molecular weight is 534 g/mol. The second-order valence-electron chi connectivity index (χ2n) is 9.48. The van der Waals surface area contributed by atoms with Crippen LogP contribution in [0.25, 0.3) is 10.4 Å². The molecule has 1 unspecified atom stereocenters. The van der Waals surface area contributed by atoms with E-state index in [9.17, 15) is 27.8 Å². The van der Waals surface area contributed by atoms with Gasteiger partial charge in [-0.2, -0.15) is 0 Å². The molecule has 1 aromatic carbocycles. The summed E-state index contributed by atoms with van der Waals surface area (Å²) in [5.41, 5.74) is 5.59. The summed E-state index contributed by atoms with van der Waals surface area (Å²) in [6.07, 6.45) is -0.207. The Morgan fingerprint density at radius 1 is 1.22 bits per heavy atom. The number of aromatic nitrogens is 1. The number of hydrogen-bond acceptors (Lipinski definition) is 8. The summed E-state index contributed by atoms with van der Waals surface area (Å²) in [5, 5.41) is 24.4. The molecule has 3 aromatic rings. The van der Waals surface area contributed by atoms with Gasteiger partial charge in [-0.05, 0) is 62.4 Å². The van der Waals surface area contributed by atoms with Gasteiger partial charge in [-0.25, -0.2) is 17.8 Å². The van der Waals surface area contributed by atoms with E-state index in [0.29, 0.717) is 39.8 Å². The molecule has 36 heavy (non-hydrogen) atoms. The molecule has 8 nitrogen and oxygen atoms in total. The molecule has 3 heterocycles. The first-order valence-corrected chi connectivity index (χ1v) is 14.1. The van der Waals surface area contributed by atoms with Gasteiger partial charge in [-0.1, -0.05) is 18.2 Å². The van der Waals surface area contributed by atoms with Crippen LogP contribution >= 0.6 is 11.3 Å². The number of benzene rings is 1. The van der Waals surface area contributed by atoms with E-state index in [1.165, 1.54) is 12.1 Å². The van der Waals surface area contributed by atoms with Crippen LogP contribution < -0.4 is 11.1 Å². The molecule has 5 N–H and O–H groups in total. The Bertz CT molecular complexity index is 1380. The van der Waals surface area contributed by atoms with Gasteiger partial charge < -0.3 is 21.3 Å². The minimum Gasteiger partial charge on any atom is -0.387 e. The number of primary amides is 1.